The summed E-state index contributed by atoms with van der Waals surface area (Å²) in [5.74, 6) is 1.13. The van der Waals surface area contributed by atoms with E-state index >= 15 is 0 Å². The molecule has 1 N–H and O–H groups in total. The van der Waals surface area contributed by atoms with E-state index < -0.39 is 0 Å². The minimum absolute atomic E-state index is 0.0620. The van der Waals surface area contributed by atoms with Gasteiger partial charge in [-0.2, -0.15) is 0 Å². The summed E-state index contributed by atoms with van der Waals surface area (Å²) in [4.78, 5) is 12.7. The maximum Gasteiger partial charge on any atom is 0.221 e. The second kappa shape index (κ2) is 6.98. The summed E-state index contributed by atoms with van der Waals surface area (Å²) < 4.78 is 5.56. The first-order chi connectivity index (χ1) is 12.3. The molecule has 2 aromatic carbocycles. The van der Waals surface area contributed by atoms with Crippen LogP contribution in [-0.4, -0.2) is 5.91 Å². The highest BCUT2D eigenvalue weighted by Crippen LogP contribution is 2.35. The van der Waals surface area contributed by atoms with Crippen LogP contribution < -0.4 is 5.32 Å². The summed E-state index contributed by atoms with van der Waals surface area (Å²) in [6.45, 7) is 0. The first-order valence-electron chi connectivity index (χ1n) is 8.77. The fraction of sp³-hybridized carbons (Fsp3) is 0.227. The summed E-state index contributed by atoms with van der Waals surface area (Å²) >= 11 is 0. The van der Waals surface area contributed by atoms with E-state index in [1.54, 1.807) is 6.26 Å². The predicted molar refractivity (Wildman–Crippen MR) is 97.3 cm³/mol. The first-order valence-corrected chi connectivity index (χ1v) is 8.77. The van der Waals surface area contributed by atoms with Crippen LogP contribution in [0.5, 0.6) is 0 Å². The minimum atomic E-state index is -0.250. The molecule has 25 heavy (non-hydrogen) atoms. The van der Waals surface area contributed by atoms with Gasteiger partial charge in [-0.05, 0) is 47.6 Å². The molecule has 3 nitrogen and oxygen atoms in total. The van der Waals surface area contributed by atoms with Crippen LogP contribution in [0, 0.1) is 0 Å². The molecule has 3 aromatic rings. The van der Waals surface area contributed by atoms with Crippen molar-refractivity contribution in [3.8, 4) is 0 Å². The molecular formula is C22H21NO2. The molecule has 0 saturated carbocycles. The molecule has 2 unspecified atom stereocenters. The van der Waals surface area contributed by atoms with Crippen LogP contribution in [0.25, 0.3) is 0 Å². The molecule has 126 valence electrons. The van der Waals surface area contributed by atoms with E-state index in [0.717, 1.165) is 24.2 Å². The normalized spacial score (nSPS) is 17.0. The molecule has 3 heteroatoms. The zero-order valence-corrected chi connectivity index (χ0v) is 14.0. The lowest BCUT2D eigenvalue weighted by molar-refractivity contribution is -0.122. The minimum Gasteiger partial charge on any atom is -0.467 e. The number of hydrogen-bond donors (Lipinski definition) is 1. The largest absolute Gasteiger partial charge is 0.467 e. The number of aryl methyl sites for hydroxylation is 1. The molecule has 1 heterocycles. The fourth-order valence-electron chi connectivity index (χ4n) is 3.72. The Morgan fingerprint density at radius 1 is 1.04 bits per heavy atom. The van der Waals surface area contributed by atoms with Crippen LogP contribution in [-0.2, 0) is 11.2 Å². The lowest BCUT2D eigenvalue weighted by Gasteiger charge is -2.19. The van der Waals surface area contributed by atoms with E-state index in [1.807, 2.05) is 42.5 Å². The molecule has 0 spiro atoms. The molecule has 0 fully saturated rings. The van der Waals surface area contributed by atoms with E-state index in [4.69, 9.17) is 4.42 Å². The third-order valence-electron chi connectivity index (χ3n) is 4.95. The lowest BCUT2D eigenvalue weighted by Crippen LogP contribution is -2.30. The SMILES string of the molecule is O=C(CC1CCc2ccccc21)NC(c1ccccc1)c1ccco1. The average molecular weight is 331 g/mol. The maximum atomic E-state index is 12.7. The predicted octanol–water partition coefficient (Wildman–Crippen LogP) is 4.61. The van der Waals surface area contributed by atoms with Crippen LogP contribution in [0.3, 0.4) is 0 Å². The van der Waals surface area contributed by atoms with Crippen molar-refractivity contribution in [2.45, 2.75) is 31.2 Å². The molecule has 2 atom stereocenters. The smallest absolute Gasteiger partial charge is 0.221 e. The number of fused-ring (bicyclic) bond motifs is 1. The lowest BCUT2D eigenvalue weighted by atomic mass is 9.97. The maximum absolute atomic E-state index is 12.7. The van der Waals surface area contributed by atoms with Crippen molar-refractivity contribution < 1.29 is 9.21 Å². The number of furan rings is 1. The molecule has 0 radical (unpaired) electrons. The Kier molecular flexibility index (Phi) is 4.38. The van der Waals surface area contributed by atoms with Crippen molar-refractivity contribution in [2.75, 3.05) is 0 Å². The van der Waals surface area contributed by atoms with Crippen LogP contribution in [0.4, 0.5) is 0 Å². The van der Waals surface area contributed by atoms with Crippen LogP contribution in [0.1, 0.15) is 47.3 Å². The number of nitrogens with one attached hydrogen (secondary N) is 1. The van der Waals surface area contributed by atoms with Gasteiger partial charge in [0.05, 0.1) is 6.26 Å². The average Bonchev–Trinajstić information content (AvgIpc) is 3.31. The third kappa shape index (κ3) is 3.36. The van der Waals surface area contributed by atoms with E-state index in [0.29, 0.717) is 12.3 Å². The van der Waals surface area contributed by atoms with Gasteiger partial charge in [-0.25, -0.2) is 0 Å². The Bertz CT molecular complexity index is 839. The summed E-state index contributed by atoms with van der Waals surface area (Å²) in [6, 6.07) is 21.9. The van der Waals surface area contributed by atoms with Gasteiger partial charge in [-0.1, -0.05) is 54.6 Å². The monoisotopic (exact) mass is 331 g/mol. The van der Waals surface area contributed by atoms with Crippen LogP contribution >= 0.6 is 0 Å². The molecule has 4 rings (SSSR count). The zero-order valence-electron chi connectivity index (χ0n) is 14.0. The highest BCUT2D eigenvalue weighted by Gasteiger charge is 2.26. The molecule has 1 aromatic heterocycles. The van der Waals surface area contributed by atoms with Crippen molar-refractivity contribution >= 4 is 5.91 Å². The number of hydrogen-bond acceptors (Lipinski definition) is 2. The highest BCUT2D eigenvalue weighted by molar-refractivity contribution is 5.78. The molecule has 1 aliphatic carbocycles. The summed E-state index contributed by atoms with van der Waals surface area (Å²) in [5.41, 5.74) is 3.73. The number of amides is 1. The van der Waals surface area contributed by atoms with Crippen molar-refractivity contribution in [3.63, 3.8) is 0 Å². The van der Waals surface area contributed by atoms with Gasteiger partial charge < -0.3 is 9.73 Å². The molecule has 0 saturated heterocycles. The molecular weight excluding hydrogens is 310 g/mol. The van der Waals surface area contributed by atoms with Gasteiger partial charge in [0.1, 0.15) is 11.8 Å². The standard InChI is InChI=1S/C22H21NO2/c24-21(15-18-13-12-16-7-4-5-10-19(16)18)23-22(20-11-6-14-25-20)17-8-2-1-3-9-17/h1-11,14,18,22H,12-13,15H2,(H,23,24). The molecule has 0 aliphatic heterocycles. The molecule has 1 amide bonds. The molecule has 1 aliphatic rings. The summed E-state index contributed by atoms with van der Waals surface area (Å²) in [7, 11) is 0. The van der Waals surface area contributed by atoms with Crippen molar-refractivity contribution in [2.24, 2.45) is 0 Å². The van der Waals surface area contributed by atoms with E-state index in [1.165, 1.54) is 11.1 Å². The zero-order chi connectivity index (χ0) is 17.1. The van der Waals surface area contributed by atoms with E-state index in [2.05, 4.69) is 29.6 Å². The molecule has 0 bridgehead atoms. The number of carbonyl (C=O) groups excluding carboxylic acids is 1. The van der Waals surface area contributed by atoms with Crippen molar-refractivity contribution in [3.05, 3.63) is 95.4 Å². The quantitative estimate of drug-likeness (QED) is 0.742. The van der Waals surface area contributed by atoms with Crippen LogP contribution in [0.15, 0.2) is 77.4 Å². The summed E-state index contributed by atoms with van der Waals surface area (Å²) in [6.07, 6.45) is 4.27. The van der Waals surface area contributed by atoms with E-state index in [-0.39, 0.29) is 11.9 Å². The Balaban J connectivity index is 1.50. The van der Waals surface area contributed by atoms with Gasteiger partial charge >= 0.3 is 0 Å². The third-order valence-corrected chi connectivity index (χ3v) is 4.95. The van der Waals surface area contributed by atoms with Crippen molar-refractivity contribution in [1.82, 2.24) is 5.32 Å². The Morgan fingerprint density at radius 3 is 2.64 bits per heavy atom. The van der Waals surface area contributed by atoms with Gasteiger partial charge in [-0.3, -0.25) is 4.79 Å². The van der Waals surface area contributed by atoms with Crippen LogP contribution in [0.2, 0.25) is 0 Å². The van der Waals surface area contributed by atoms with Gasteiger partial charge in [0.2, 0.25) is 5.91 Å². The number of benzene rings is 2. The first kappa shape index (κ1) is 15.7. The Morgan fingerprint density at radius 2 is 1.84 bits per heavy atom. The van der Waals surface area contributed by atoms with Crippen molar-refractivity contribution in [1.29, 1.82) is 0 Å². The van der Waals surface area contributed by atoms with Gasteiger partial charge in [0.25, 0.3) is 0 Å². The second-order valence-electron chi connectivity index (χ2n) is 6.57. The second-order valence-corrected chi connectivity index (χ2v) is 6.57. The van der Waals surface area contributed by atoms with Gasteiger partial charge in [0, 0.05) is 6.42 Å². The van der Waals surface area contributed by atoms with Gasteiger partial charge in [0.15, 0.2) is 0 Å². The van der Waals surface area contributed by atoms with E-state index in [9.17, 15) is 4.79 Å². The fourth-order valence-corrected chi connectivity index (χ4v) is 3.72. The number of rotatable bonds is 5. The number of carbonyl (C=O) groups is 1. The topological polar surface area (TPSA) is 42.2 Å². The van der Waals surface area contributed by atoms with Gasteiger partial charge in [-0.15, -0.1) is 0 Å². The highest BCUT2D eigenvalue weighted by atomic mass is 16.3. The Hall–Kier alpha value is -2.81. The summed E-state index contributed by atoms with van der Waals surface area (Å²) in [5, 5.41) is 3.16. The Labute approximate surface area is 147 Å².